The number of benzene rings is 1. The Morgan fingerprint density at radius 2 is 1.33 bits per heavy atom. The Kier molecular flexibility index (Phi) is 7.44. The van der Waals surface area contributed by atoms with Gasteiger partial charge in [-0.1, -0.05) is 30.3 Å². The first-order chi connectivity index (χ1) is 20.1. The molecule has 1 aromatic carbocycles. The number of aromatic nitrogens is 4. The molecule has 8 bridgehead atoms. The molecule has 0 fully saturated rings. The summed E-state index contributed by atoms with van der Waals surface area (Å²) in [4.78, 5) is 62.7. The van der Waals surface area contributed by atoms with E-state index in [4.69, 9.17) is 0 Å². The second kappa shape index (κ2) is 11.0. The molecule has 12 nitrogen and oxygen atoms in total. The van der Waals surface area contributed by atoms with Crippen molar-refractivity contribution in [3.63, 3.8) is 0 Å². The summed E-state index contributed by atoms with van der Waals surface area (Å²) in [5.41, 5.74) is -1.49. The van der Waals surface area contributed by atoms with Gasteiger partial charge in [-0.3, -0.25) is 0 Å². The average molecular weight is 589 g/mol. The van der Waals surface area contributed by atoms with Gasteiger partial charge < -0.3 is 28.3 Å². The van der Waals surface area contributed by atoms with Crippen molar-refractivity contribution in [1.82, 2.24) is 19.5 Å². The van der Waals surface area contributed by atoms with Crippen molar-refractivity contribution >= 4 is 92.9 Å². The predicted octanol–water partition coefficient (Wildman–Crippen LogP) is 5.02. The van der Waals surface area contributed by atoms with Gasteiger partial charge in [-0.15, -0.1) is 0 Å². The smallest absolute Gasteiger partial charge is 1.00 e. The number of aromatic carboxylic acids is 2. The van der Waals surface area contributed by atoms with Gasteiger partial charge in [-0.05, 0) is 54.1 Å². The summed E-state index contributed by atoms with van der Waals surface area (Å²) < 4.78 is 0.527. The molecular formula is C30H20MgN4O8. The van der Waals surface area contributed by atoms with E-state index < -0.39 is 51.9 Å². The third-order valence-corrected chi connectivity index (χ3v) is 6.69. The van der Waals surface area contributed by atoms with E-state index in [-0.39, 0.29) is 53.9 Å². The van der Waals surface area contributed by atoms with Crippen LogP contribution in [0, 0.1) is 0 Å². The molecule has 0 atom stereocenters. The van der Waals surface area contributed by atoms with E-state index in [2.05, 4.69) is 15.0 Å². The number of carboxylic acid groups (broad SMARTS) is 4. The fraction of sp³-hybridized carbons (Fsp3) is 0. The molecule has 2 aliphatic heterocycles. The van der Waals surface area contributed by atoms with Crippen LogP contribution in [0.3, 0.4) is 0 Å². The maximum absolute atomic E-state index is 12.9. The molecule has 5 N–H and O–H groups in total. The number of hydrogen-bond donors (Lipinski definition) is 5. The van der Waals surface area contributed by atoms with Crippen molar-refractivity contribution in [2.45, 2.75) is 0 Å². The number of aliphatic carboxylic acids is 1. The Bertz CT molecular complexity index is 2120. The Morgan fingerprint density at radius 3 is 1.91 bits per heavy atom. The molecule has 0 spiro atoms. The Balaban J connectivity index is 0.00000184. The Labute approximate surface area is 260 Å². The predicted molar refractivity (Wildman–Crippen MR) is 160 cm³/mol. The number of hydrogen-bond acceptors (Lipinski definition) is 6. The summed E-state index contributed by atoms with van der Waals surface area (Å²) in [7, 11) is 0. The van der Waals surface area contributed by atoms with Crippen LogP contribution in [-0.2, 0) is 4.79 Å². The molecule has 0 saturated carbocycles. The van der Waals surface area contributed by atoms with Crippen molar-refractivity contribution < 1.29 is 42.5 Å². The number of nitrogens with zero attached hydrogens (tertiary/aromatic N) is 3. The summed E-state index contributed by atoms with van der Waals surface area (Å²) >= 11 is 0. The number of carbonyl (C=O) groups is 4. The number of aromatic amines is 1. The minimum absolute atomic E-state index is 0. The molecule has 13 heteroatoms. The van der Waals surface area contributed by atoms with Gasteiger partial charge in [0, 0.05) is 16.6 Å². The minimum atomic E-state index is -1.78. The first-order valence-corrected chi connectivity index (χ1v) is 12.3. The number of H-pyrrole nitrogens is 1. The zero-order valence-corrected chi connectivity index (χ0v) is 23.4. The molecule has 0 saturated heterocycles. The fourth-order valence-corrected chi connectivity index (χ4v) is 5.06. The van der Waals surface area contributed by atoms with Crippen LogP contribution in [0.4, 0.5) is 4.79 Å². The zero-order valence-electron chi connectivity index (χ0n) is 24.0. The van der Waals surface area contributed by atoms with Gasteiger partial charge in [0.2, 0.25) is 0 Å². The summed E-state index contributed by atoms with van der Waals surface area (Å²) in [6.45, 7) is 0. The third kappa shape index (κ3) is 5.07. The average Bonchev–Trinajstić information content (AvgIpc) is 3.71. The SMILES string of the molecule is O=C(O)C1=Cc2cc3ccc(cc4nc(cc5c(-c6ccccc6)c(C(=O)O)c(c(C(=O)O)c1n2)n5C(=O)O)C=C4)[nH]3.[H-].[H-].[Mg+2]. The van der Waals surface area contributed by atoms with Crippen LogP contribution < -0.4 is 0 Å². The molecule has 0 radical (unpaired) electrons. The molecule has 0 amide bonds. The minimum Gasteiger partial charge on any atom is -1.00 e. The number of fused-ring (bicyclic) bond motifs is 8. The zero-order chi connectivity index (χ0) is 29.7. The van der Waals surface area contributed by atoms with E-state index >= 15 is 0 Å². The van der Waals surface area contributed by atoms with Crippen molar-refractivity contribution in [2.24, 2.45) is 0 Å². The number of rotatable bonds is 4. The normalized spacial score (nSPS) is 11.9. The molecule has 4 aromatic rings. The largest absolute Gasteiger partial charge is 2.00 e. The first kappa shape index (κ1) is 29.0. The first-order valence-electron chi connectivity index (χ1n) is 12.3. The molecule has 0 unspecified atom stereocenters. The van der Waals surface area contributed by atoms with E-state index in [1.807, 2.05) is 0 Å². The number of carboxylic acids is 3. The maximum atomic E-state index is 12.9. The second-order valence-corrected chi connectivity index (χ2v) is 9.30. The van der Waals surface area contributed by atoms with Crippen LogP contribution in [-0.4, -0.2) is 87.0 Å². The van der Waals surface area contributed by atoms with Crippen LogP contribution in [0.15, 0.2) is 60.7 Å². The van der Waals surface area contributed by atoms with Gasteiger partial charge in [-0.2, -0.15) is 0 Å². The quantitative estimate of drug-likeness (QED) is 0.178. The number of nitrogens with one attached hydrogen (secondary N) is 1. The maximum Gasteiger partial charge on any atom is 2.00 e. The molecule has 6 rings (SSSR count). The fourth-order valence-electron chi connectivity index (χ4n) is 5.06. The Morgan fingerprint density at radius 1 is 0.721 bits per heavy atom. The van der Waals surface area contributed by atoms with Gasteiger partial charge in [0.25, 0.3) is 0 Å². The molecule has 2 aliphatic rings. The standard InChI is InChI=1S/C30H18N4O8.Mg.2H/c35-27(36)20-12-19-11-17-7-6-15(31-17)10-16-8-9-18(32-16)13-21-22(14-4-2-1-3-5-14)23(28(37)38)26(34(21)30(41)42)24(29(39)40)25(20)33-19;;;/h1-13,31H,(H,35,36)(H,37,38)(H,39,40)(H,41,42);;;/q;+2;2*-1. The van der Waals surface area contributed by atoms with Crippen LogP contribution in [0.2, 0.25) is 0 Å². The molecule has 5 heterocycles. The third-order valence-electron chi connectivity index (χ3n) is 6.69. The van der Waals surface area contributed by atoms with Crippen LogP contribution in [0.5, 0.6) is 0 Å². The van der Waals surface area contributed by atoms with Crippen molar-refractivity contribution in [2.75, 3.05) is 0 Å². The van der Waals surface area contributed by atoms with E-state index in [0.717, 1.165) is 6.08 Å². The van der Waals surface area contributed by atoms with Gasteiger partial charge in [-0.25, -0.2) is 33.7 Å². The van der Waals surface area contributed by atoms with Gasteiger partial charge in [0.05, 0.1) is 44.9 Å². The molecule has 210 valence electrons. The molecule has 0 aliphatic carbocycles. The molecule has 3 aromatic heterocycles. The van der Waals surface area contributed by atoms with Gasteiger partial charge in [0.1, 0.15) is 5.56 Å². The summed E-state index contributed by atoms with van der Waals surface area (Å²) in [6, 6.07) is 16.0. The van der Waals surface area contributed by atoms with Crippen molar-refractivity contribution in [3.05, 3.63) is 94.6 Å². The van der Waals surface area contributed by atoms with Gasteiger partial charge in [0.15, 0.2) is 0 Å². The van der Waals surface area contributed by atoms with Gasteiger partial charge >= 0.3 is 47.1 Å². The van der Waals surface area contributed by atoms with Crippen LogP contribution in [0.1, 0.15) is 46.3 Å². The van der Waals surface area contributed by atoms with Crippen molar-refractivity contribution in [1.29, 1.82) is 0 Å². The van der Waals surface area contributed by atoms with E-state index in [0.29, 0.717) is 21.3 Å². The van der Waals surface area contributed by atoms with E-state index in [1.165, 1.54) is 12.1 Å². The summed E-state index contributed by atoms with van der Waals surface area (Å²) in [6.07, 6.45) is 2.71. The topological polar surface area (TPSA) is 196 Å². The van der Waals surface area contributed by atoms with Crippen molar-refractivity contribution in [3.8, 4) is 11.1 Å². The van der Waals surface area contributed by atoms with Crippen LogP contribution >= 0.6 is 0 Å². The van der Waals surface area contributed by atoms with E-state index in [1.54, 1.807) is 60.7 Å². The monoisotopic (exact) mass is 588 g/mol. The molecule has 43 heavy (non-hydrogen) atoms. The second-order valence-electron chi connectivity index (χ2n) is 9.30. The summed E-state index contributed by atoms with van der Waals surface area (Å²) in [5, 5.41) is 41.3. The van der Waals surface area contributed by atoms with Crippen LogP contribution in [0.25, 0.3) is 57.0 Å². The summed E-state index contributed by atoms with van der Waals surface area (Å²) in [5.74, 6) is -4.95. The Hall–Kier alpha value is -5.53. The van der Waals surface area contributed by atoms with E-state index in [9.17, 15) is 39.6 Å². The molecular weight excluding hydrogens is 569 g/mol.